The minimum absolute atomic E-state index is 0.280. The lowest BCUT2D eigenvalue weighted by Gasteiger charge is -2.17. The molecule has 0 spiro atoms. The number of hydrogen-bond acceptors (Lipinski definition) is 4. The SMILES string of the molecule is CC.CC.CNC(Cc1cc(C)c(Oc2cc(C)c(O)c(C)c2)c(C)c1)C(=O)O. The number of ether oxygens (including phenoxy) is 1. The van der Waals surface area contributed by atoms with Crippen molar-refractivity contribution >= 4 is 5.97 Å². The van der Waals surface area contributed by atoms with E-state index in [1.54, 1.807) is 19.2 Å². The number of hydrogen-bond donors (Lipinski definition) is 3. The van der Waals surface area contributed by atoms with Gasteiger partial charge < -0.3 is 20.3 Å². The number of carbonyl (C=O) groups is 1. The van der Waals surface area contributed by atoms with Crippen LogP contribution in [-0.4, -0.2) is 29.3 Å². The number of phenols is 1. The van der Waals surface area contributed by atoms with Crippen molar-refractivity contribution in [1.29, 1.82) is 0 Å². The predicted molar refractivity (Wildman–Crippen MR) is 120 cm³/mol. The number of carboxylic acids is 1. The van der Waals surface area contributed by atoms with Crippen molar-refractivity contribution in [2.24, 2.45) is 0 Å². The second kappa shape index (κ2) is 12.8. The fourth-order valence-electron chi connectivity index (χ4n) is 2.96. The Kier molecular flexibility index (Phi) is 11.7. The monoisotopic (exact) mass is 403 g/mol. The quantitative estimate of drug-likeness (QED) is 0.578. The minimum atomic E-state index is -0.867. The van der Waals surface area contributed by atoms with Crippen LogP contribution in [0, 0.1) is 27.7 Å². The molecule has 1 atom stereocenters. The van der Waals surface area contributed by atoms with Gasteiger partial charge in [0.25, 0.3) is 0 Å². The Hall–Kier alpha value is -2.53. The maximum Gasteiger partial charge on any atom is 0.321 e. The highest BCUT2D eigenvalue weighted by Crippen LogP contribution is 2.33. The summed E-state index contributed by atoms with van der Waals surface area (Å²) < 4.78 is 6.05. The third-order valence-electron chi connectivity index (χ3n) is 4.29. The van der Waals surface area contributed by atoms with Gasteiger partial charge in [-0.2, -0.15) is 0 Å². The number of aryl methyl sites for hydroxylation is 4. The van der Waals surface area contributed by atoms with Gasteiger partial charge in [0.05, 0.1) is 0 Å². The zero-order chi connectivity index (χ0) is 22.7. The summed E-state index contributed by atoms with van der Waals surface area (Å²) in [5.74, 6) is 0.839. The molecule has 0 aliphatic heterocycles. The Bertz CT molecular complexity index is 753. The van der Waals surface area contributed by atoms with Gasteiger partial charge in [0.1, 0.15) is 23.3 Å². The van der Waals surface area contributed by atoms with E-state index in [1.807, 2.05) is 67.5 Å². The molecule has 0 bridgehead atoms. The van der Waals surface area contributed by atoms with Crippen molar-refractivity contribution in [3.63, 3.8) is 0 Å². The van der Waals surface area contributed by atoms with Crippen LogP contribution in [0.3, 0.4) is 0 Å². The summed E-state index contributed by atoms with van der Waals surface area (Å²) in [6.45, 7) is 15.6. The van der Waals surface area contributed by atoms with Crippen LogP contribution in [-0.2, 0) is 11.2 Å². The molecule has 1 unspecified atom stereocenters. The normalized spacial score (nSPS) is 10.8. The van der Waals surface area contributed by atoms with Gasteiger partial charge >= 0.3 is 5.97 Å². The second-order valence-electron chi connectivity index (χ2n) is 6.45. The number of rotatable bonds is 6. The number of aliphatic carboxylic acids is 1. The summed E-state index contributed by atoms with van der Waals surface area (Å²) in [5.41, 5.74) is 4.36. The molecule has 0 amide bonds. The Morgan fingerprint density at radius 1 is 0.931 bits per heavy atom. The number of aromatic hydroxyl groups is 1. The van der Waals surface area contributed by atoms with Crippen LogP contribution in [0.15, 0.2) is 24.3 Å². The Morgan fingerprint density at radius 3 is 1.76 bits per heavy atom. The summed E-state index contributed by atoms with van der Waals surface area (Å²) in [7, 11) is 1.64. The second-order valence-corrected chi connectivity index (χ2v) is 6.45. The van der Waals surface area contributed by atoms with Gasteiger partial charge in [-0.05, 0) is 81.1 Å². The zero-order valence-corrected chi connectivity index (χ0v) is 19.3. The summed E-state index contributed by atoms with van der Waals surface area (Å²) in [6, 6.07) is 6.89. The van der Waals surface area contributed by atoms with E-state index >= 15 is 0 Å². The molecule has 0 aliphatic carbocycles. The van der Waals surface area contributed by atoms with E-state index in [4.69, 9.17) is 4.74 Å². The van der Waals surface area contributed by atoms with E-state index in [1.165, 1.54) is 0 Å². The molecule has 0 aliphatic rings. The van der Waals surface area contributed by atoms with Crippen LogP contribution >= 0.6 is 0 Å². The van der Waals surface area contributed by atoms with E-state index in [9.17, 15) is 15.0 Å². The zero-order valence-electron chi connectivity index (χ0n) is 19.3. The Balaban J connectivity index is 0.00000184. The predicted octanol–water partition coefficient (Wildman–Crippen LogP) is 5.69. The Labute approximate surface area is 175 Å². The molecule has 2 aromatic carbocycles. The smallest absolute Gasteiger partial charge is 0.321 e. The largest absolute Gasteiger partial charge is 0.507 e. The first kappa shape index (κ1) is 26.5. The lowest BCUT2D eigenvalue weighted by Crippen LogP contribution is -2.35. The van der Waals surface area contributed by atoms with E-state index in [-0.39, 0.29) is 5.75 Å². The third kappa shape index (κ3) is 7.42. The fourth-order valence-corrected chi connectivity index (χ4v) is 2.96. The van der Waals surface area contributed by atoms with Crippen LogP contribution in [0.4, 0.5) is 0 Å². The van der Waals surface area contributed by atoms with E-state index in [2.05, 4.69) is 5.32 Å². The molecular weight excluding hydrogens is 366 g/mol. The molecule has 5 nitrogen and oxygen atoms in total. The Morgan fingerprint density at radius 2 is 1.38 bits per heavy atom. The first-order valence-electron chi connectivity index (χ1n) is 10.2. The number of benzene rings is 2. The van der Waals surface area contributed by atoms with Gasteiger partial charge in [-0.15, -0.1) is 0 Å². The van der Waals surface area contributed by atoms with Gasteiger partial charge in [-0.25, -0.2) is 0 Å². The average molecular weight is 404 g/mol. The van der Waals surface area contributed by atoms with Crippen LogP contribution in [0.1, 0.15) is 55.5 Å². The molecule has 29 heavy (non-hydrogen) atoms. The maximum atomic E-state index is 11.2. The first-order valence-corrected chi connectivity index (χ1v) is 10.2. The molecule has 5 heteroatoms. The molecule has 0 saturated heterocycles. The molecule has 2 aromatic rings. The molecule has 162 valence electrons. The molecule has 3 N–H and O–H groups in total. The van der Waals surface area contributed by atoms with Crippen LogP contribution in [0.5, 0.6) is 17.2 Å². The first-order chi connectivity index (χ1) is 13.7. The number of likely N-dealkylation sites (N-methyl/N-ethyl adjacent to an activating group) is 1. The van der Waals surface area contributed by atoms with Crippen LogP contribution in [0.2, 0.25) is 0 Å². The highest BCUT2D eigenvalue weighted by molar-refractivity contribution is 5.74. The topological polar surface area (TPSA) is 78.8 Å². The summed E-state index contributed by atoms with van der Waals surface area (Å²) in [5, 5.41) is 21.9. The van der Waals surface area contributed by atoms with Crippen LogP contribution in [0.25, 0.3) is 0 Å². The summed E-state index contributed by atoms with van der Waals surface area (Å²) >= 11 is 0. The van der Waals surface area contributed by atoms with E-state index < -0.39 is 12.0 Å². The lowest BCUT2D eigenvalue weighted by molar-refractivity contribution is -0.139. The lowest BCUT2D eigenvalue weighted by atomic mass is 10.00. The molecule has 0 heterocycles. The van der Waals surface area contributed by atoms with Crippen molar-refractivity contribution in [2.75, 3.05) is 7.05 Å². The highest BCUT2D eigenvalue weighted by Gasteiger charge is 2.17. The standard InChI is InChI=1S/C20H25NO4.2C2H6/c1-11-8-16(9-12(2)18(11)22)25-19-13(3)6-15(7-14(19)4)10-17(21-5)20(23)24;2*1-2/h6-9,17,21-22H,10H2,1-5H3,(H,23,24);2*1-2H3. The van der Waals surface area contributed by atoms with Crippen LogP contribution < -0.4 is 10.1 Å². The van der Waals surface area contributed by atoms with Crippen molar-refractivity contribution in [1.82, 2.24) is 5.32 Å². The summed E-state index contributed by atoms with van der Waals surface area (Å²) in [4.78, 5) is 11.2. The highest BCUT2D eigenvalue weighted by atomic mass is 16.5. The molecule has 0 fully saturated rings. The number of phenolic OH excluding ortho intramolecular Hbond substituents is 1. The summed E-state index contributed by atoms with van der Waals surface area (Å²) in [6.07, 6.45) is 0.408. The molecule has 2 rings (SSSR count). The van der Waals surface area contributed by atoms with Gasteiger partial charge in [-0.3, -0.25) is 4.79 Å². The van der Waals surface area contributed by atoms with Gasteiger partial charge in [-0.1, -0.05) is 39.8 Å². The van der Waals surface area contributed by atoms with Crippen molar-refractivity contribution in [3.8, 4) is 17.2 Å². The van der Waals surface area contributed by atoms with Gasteiger partial charge in [0.15, 0.2) is 0 Å². The molecule has 0 radical (unpaired) electrons. The number of carboxylic acid groups (broad SMARTS) is 1. The van der Waals surface area contributed by atoms with E-state index in [0.717, 1.165) is 33.6 Å². The average Bonchev–Trinajstić information content (AvgIpc) is 2.69. The minimum Gasteiger partial charge on any atom is -0.507 e. The third-order valence-corrected chi connectivity index (χ3v) is 4.29. The van der Waals surface area contributed by atoms with Crippen molar-refractivity contribution < 1.29 is 19.7 Å². The molecular formula is C24H37NO4. The van der Waals surface area contributed by atoms with Gasteiger partial charge in [0, 0.05) is 0 Å². The van der Waals surface area contributed by atoms with Gasteiger partial charge in [0.2, 0.25) is 0 Å². The molecule has 0 saturated carbocycles. The fraction of sp³-hybridized carbons (Fsp3) is 0.458. The van der Waals surface area contributed by atoms with E-state index in [0.29, 0.717) is 12.2 Å². The molecule has 0 aromatic heterocycles. The van der Waals surface area contributed by atoms with Crippen molar-refractivity contribution in [2.45, 2.75) is 67.9 Å². The maximum absolute atomic E-state index is 11.2. The van der Waals surface area contributed by atoms with Crippen molar-refractivity contribution in [3.05, 3.63) is 52.1 Å². The number of nitrogens with one attached hydrogen (secondary N) is 1.